The van der Waals surface area contributed by atoms with Gasteiger partial charge < -0.3 is 0 Å². The van der Waals surface area contributed by atoms with Crippen molar-refractivity contribution >= 4 is 0 Å². The lowest BCUT2D eigenvalue weighted by molar-refractivity contribution is 0.0873. The first kappa shape index (κ1) is 10.5. The molecule has 0 aromatic heterocycles. The zero-order chi connectivity index (χ0) is 10.8. The van der Waals surface area contributed by atoms with Crippen LogP contribution in [0.1, 0.15) is 17.9 Å². The smallest absolute Gasteiger partial charge is 0.255 e. The van der Waals surface area contributed by atoms with Crippen molar-refractivity contribution in [3.05, 3.63) is 35.9 Å². The average molecular weight is 212 g/mol. The molecule has 0 saturated heterocycles. The number of rotatable bonds is 4. The van der Waals surface area contributed by atoms with Gasteiger partial charge in [0.2, 0.25) is 0 Å². The van der Waals surface area contributed by atoms with Crippen LogP contribution in [0.5, 0.6) is 0 Å². The lowest BCUT2D eigenvalue weighted by atomic mass is 10.1. The first-order valence-corrected chi connectivity index (χ1v) is 5.03. The van der Waals surface area contributed by atoms with E-state index in [1.165, 1.54) is 0 Å². The van der Waals surface area contributed by atoms with Crippen LogP contribution in [0.4, 0.5) is 8.78 Å². The summed E-state index contributed by atoms with van der Waals surface area (Å²) in [5.41, 5.74) is 3.34. The highest BCUT2D eigenvalue weighted by Crippen LogP contribution is 2.50. The summed E-state index contributed by atoms with van der Waals surface area (Å²) in [6.07, 6.45) is -1.60. The third-order valence-electron chi connectivity index (χ3n) is 2.99. The van der Waals surface area contributed by atoms with Crippen molar-refractivity contribution in [1.29, 1.82) is 0 Å². The third-order valence-corrected chi connectivity index (χ3v) is 2.99. The molecule has 0 amide bonds. The molecule has 0 spiro atoms. The molecule has 1 aromatic rings. The minimum Gasteiger partial charge on any atom is -0.271 e. The van der Waals surface area contributed by atoms with Crippen molar-refractivity contribution in [2.45, 2.75) is 24.8 Å². The van der Waals surface area contributed by atoms with Crippen molar-refractivity contribution in [3.63, 3.8) is 0 Å². The van der Waals surface area contributed by atoms with Crippen LogP contribution in [0, 0.1) is 5.92 Å². The summed E-state index contributed by atoms with van der Waals surface area (Å²) in [7, 11) is 0. The number of benzene rings is 1. The van der Waals surface area contributed by atoms with Gasteiger partial charge in [0.05, 0.1) is 6.04 Å². The third kappa shape index (κ3) is 2.16. The van der Waals surface area contributed by atoms with Gasteiger partial charge >= 0.3 is 0 Å². The largest absolute Gasteiger partial charge is 0.271 e. The number of hydrazine groups is 1. The molecule has 1 saturated carbocycles. The molecule has 1 aliphatic carbocycles. The minimum atomic E-state index is -2.39. The average Bonchev–Trinajstić information content (AvgIpc) is 3.00. The van der Waals surface area contributed by atoms with Crippen molar-refractivity contribution in [2.75, 3.05) is 0 Å². The monoisotopic (exact) mass is 212 g/mol. The first-order chi connectivity index (χ1) is 7.24. The Morgan fingerprint density at radius 1 is 1.27 bits per heavy atom. The number of hydrogen-bond acceptors (Lipinski definition) is 2. The van der Waals surface area contributed by atoms with Gasteiger partial charge in [-0.3, -0.25) is 11.3 Å². The van der Waals surface area contributed by atoms with Gasteiger partial charge in [0.25, 0.3) is 6.43 Å². The molecule has 3 atom stereocenters. The fourth-order valence-corrected chi connectivity index (χ4v) is 2.08. The Labute approximate surface area is 87.4 Å². The van der Waals surface area contributed by atoms with E-state index < -0.39 is 12.5 Å². The van der Waals surface area contributed by atoms with E-state index in [2.05, 4.69) is 5.43 Å². The van der Waals surface area contributed by atoms with Gasteiger partial charge in [-0.2, -0.15) is 0 Å². The van der Waals surface area contributed by atoms with Crippen molar-refractivity contribution in [2.24, 2.45) is 11.8 Å². The number of nitrogens with two attached hydrogens (primary N) is 1. The van der Waals surface area contributed by atoms with Gasteiger partial charge in [-0.25, -0.2) is 8.78 Å². The molecule has 2 nitrogen and oxygen atoms in total. The van der Waals surface area contributed by atoms with Crippen LogP contribution in [0.3, 0.4) is 0 Å². The van der Waals surface area contributed by atoms with Gasteiger partial charge in [0, 0.05) is 0 Å². The second-order valence-corrected chi connectivity index (χ2v) is 3.94. The van der Waals surface area contributed by atoms with E-state index in [0.29, 0.717) is 0 Å². The Morgan fingerprint density at radius 3 is 2.47 bits per heavy atom. The molecule has 0 aliphatic heterocycles. The lowest BCUT2D eigenvalue weighted by Gasteiger charge is -2.14. The first-order valence-electron chi connectivity index (χ1n) is 5.03. The number of hydrogen-bond donors (Lipinski definition) is 2. The van der Waals surface area contributed by atoms with Crippen LogP contribution in [-0.2, 0) is 0 Å². The van der Waals surface area contributed by atoms with E-state index in [4.69, 9.17) is 5.84 Å². The Bertz CT molecular complexity index is 316. The molecule has 0 radical (unpaired) electrons. The molecule has 2 rings (SSSR count). The number of nitrogens with one attached hydrogen (secondary N) is 1. The highest BCUT2D eigenvalue weighted by atomic mass is 19.3. The molecule has 1 aromatic carbocycles. The van der Waals surface area contributed by atoms with Crippen LogP contribution in [0.15, 0.2) is 30.3 Å². The second-order valence-electron chi connectivity index (χ2n) is 3.94. The van der Waals surface area contributed by atoms with Gasteiger partial charge in [-0.1, -0.05) is 30.3 Å². The summed E-state index contributed by atoms with van der Waals surface area (Å²) < 4.78 is 25.1. The quantitative estimate of drug-likeness (QED) is 0.590. The minimum absolute atomic E-state index is 0.0302. The van der Waals surface area contributed by atoms with Crippen molar-refractivity contribution in [1.82, 2.24) is 5.43 Å². The molecule has 0 bridgehead atoms. The highest BCUT2D eigenvalue weighted by Gasteiger charge is 2.46. The Hall–Kier alpha value is -1.00. The van der Waals surface area contributed by atoms with Crippen molar-refractivity contribution in [3.8, 4) is 0 Å². The molecule has 3 N–H and O–H groups in total. The Kier molecular flexibility index (Phi) is 2.98. The van der Waals surface area contributed by atoms with E-state index in [1.54, 1.807) is 0 Å². The van der Waals surface area contributed by atoms with Crippen LogP contribution >= 0.6 is 0 Å². The van der Waals surface area contributed by atoms with Crippen LogP contribution in [0.2, 0.25) is 0 Å². The maximum atomic E-state index is 12.5. The van der Waals surface area contributed by atoms with Gasteiger partial charge in [-0.15, -0.1) is 0 Å². The number of alkyl halides is 2. The summed E-state index contributed by atoms with van der Waals surface area (Å²) >= 11 is 0. The molecule has 0 heterocycles. The van der Waals surface area contributed by atoms with E-state index in [9.17, 15) is 8.78 Å². The molecule has 1 aliphatic rings. The standard InChI is InChI=1S/C11H14F2N2/c12-11(13)10(15-14)9-6-8(9)7-4-2-1-3-5-7/h1-5,8-11,15H,6,14H2. The highest BCUT2D eigenvalue weighted by molar-refractivity contribution is 5.26. The Morgan fingerprint density at radius 2 is 1.93 bits per heavy atom. The summed E-state index contributed by atoms with van der Waals surface area (Å²) in [4.78, 5) is 0. The predicted octanol–water partition coefficient (Wildman–Crippen LogP) is 1.89. The van der Waals surface area contributed by atoms with Gasteiger partial charge in [-0.05, 0) is 23.8 Å². The van der Waals surface area contributed by atoms with Crippen molar-refractivity contribution < 1.29 is 8.78 Å². The van der Waals surface area contributed by atoms with Gasteiger partial charge in [0.15, 0.2) is 0 Å². The van der Waals surface area contributed by atoms with Gasteiger partial charge in [0.1, 0.15) is 0 Å². The maximum absolute atomic E-state index is 12.5. The lowest BCUT2D eigenvalue weighted by Crippen LogP contribution is -2.42. The Balaban J connectivity index is 2.01. The molecule has 1 fully saturated rings. The summed E-state index contributed by atoms with van der Waals surface area (Å²) in [6.45, 7) is 0. The predicted molar refractivity (Wildman–Crippen MR) is 54.4 cm³/mol. The summed E-state index contributed by atoms with van der Waals surface area (Å²) in [6, 6.07) is 8.85. The molecule has 4 heteroatoms. The van der Waals surface area contributed by atoms with Crippen LogP contribution in [-0.4, -0.2) is 12.5 Å². The van der Waals surface area contributed by atoms with E-state index >= 15 is 0 Å². The molecule has 3 unspecified atom stereocenters. The molecular weight excluding hydrogens is 198 g/mol. The number of halogens is 2. The summed E-state index contributed by atoms with van der Waals surface area (Å²) in [5.74, 6) is 5.33. The van der Waals surface area contributed by atoms with Crippen LogP contribution < -0.4 is 11.3 Å². The zero-order valence-corrected chi connectivity index (χ0v) is 8.24. The van der Waals surface area contributed by atoms with E-state index in [-0.39, 0.29) is 11.8 Å². The normalized spacial score (nSPS) is 26.7. The second kappa shape index (κ2) is 4.24. The zero-order valence-electron chi connectivity index (χ0n) is 8.24. The fourth-order valence-electron chi connectivity index (χ4n) is 2.08. The fraction of sp³-hybridized carbons (Fsp3) is 0.455. The topological polar surface area (TPSA) is 38.0 Å². The van der Waals surface area contributed by atoms with E-state index in [1.807, 2.05) is 30.3 Å². The maximum Gasteiger partial charge on any atom is 0.255 e. The molecular formula is C11H14F2N2. The molecule has 82 valence electrons. The SMILES string of the molecule is NNC(C(F)F)C1CC1c1ccccc1. The summed E-state index contributed by atoms with van der Waals surface area (Å²) in [5, 5.41) is 0. The molecule has 15 heavy (non-hydrogen) atoms. The van der Waals surface area contributed by atoms with E-state index in [0.717, 1.165) is 12.0 Å². The van der Waals surface area contributed by atoms with Crippen LogP contribution in [0.25, 0.3) is 0 Å².